The van der Waals surface area contributed by atoms with E-state index in [2.05, 4.69) is 9.46 Å². The highest BCUT2D eigenvalue weighted by molar-refractivity contribution is 7.92. The monoisotopic (exact) mass is 389 g/mol. The van der Waals surface area contributed by atoms with E-state index < -0.39 is 22.1 Å². The third kappa shape index (κ3) is 6.14. The Morgan fingerprint density at radius 2 is 1.73 bits per heavy atom. The van der Waals surface area contributed by atoms with Crippen LogP contribution < -0.4 is 14.2 Å². The van der Waals surface area contributed by atoms with Gasteiger partial charge < -0.3 is 9.47 Å². The molecule has 26 heavy (non-hydrogen) atoms. The molecule has 0 aromatic heterocycles. The fraction of sp³-hybridized carbons (Fsp3) is 0.294. The molecule has 0 heterocycles. The summed E-state index contributed by atoms with van der Waals surface area (Å²) in [6.45, 7) is 2.56. The summed E-state index contributed by atoms with van der Waals surface area (Å²) in [4.78, 5) is -0.0394. The molecule has 0 aliphatic heterocycles. The predicted octanol–water partition coefficient (Wildman–Crippen LogP) is 4.56. The summed E-state index contributed by atoms with van der Waals surface area (Å²) in [6.07, 6.45) is -2.99. The van der Waals surface area contributed by atoms with Crippen molar-refractivity contribution in [3.63, 3.8) is 0 Å². The molecule has 5 nitrogen and oxygen atoms in total. The van der Waals surface area contributed by atoms with Crippen LogP contribution in [0.15, 0.2) is 53.4 Å². The van der Waals surface area contributed by atoms with Gasteiger partial charge in [-0.05, 0) is 42.8 Å². The molecular formula is C17H18F3NO4S. The molecule has 0 unspecified atom stereocenters. The Morgan fingerprint density at radius 3 is 2.35 bits per heavy atom. The second-order valence-corrected chi connectivity index (χ2v) is 7.04. The summed E-state index contributed by atoms with van der Waals surface area (Å²) in [5, 5.41) is 0. The topological polar surface area (TPSA) is 64.6 Å². The number of alkyl halides is 3. The zero-order chi connectivity index (χ0) is 19.2. The lowest BCUT2D eigenvalue weighted by molar-refractivity contribution is -0.274. The zero-order valence-corrected chi connectivity index (χ0v) is 14.7. The van der Waals surface area contributed by atoms with Crippen LogP contribution in [0.1, 0.15) is 19.8 Å². The Kier molecular flexibility index (Phi) is 6.36. The van der Waals surface area contributed by atoms with Crippen molar-refractivity contribution in [1.82, 2.24) is 0 Å². The quantitative estimate of drug-likeness (QED) is 0.672. The highest BCUT2D eigenvalue weighted by atomic mass is 32.2. The molecule has 0 spiro atoms. The van der Waals surface area contributed by atoms with E-state index in [0.717, 1.165) is 25.0 Å². The predicted molar refractivity (Wildman–Crippen MR) is 90.8 cm³/mol. The number of benzene rings is 2. The van der Waals surface area contributed by atoms with Gasteiger partial charge in [-0.1, -0.05) is 19.4 Å². The minimum Gasteiger partial charge on any atom is -0.494 e. The highest BCUT2D eigenvalue weighted by Crippen LogP contribution is 2.26. The van der Waals surface area contributed by atoms with Crippen LogP contribution in [-0.2, 0) is 10.0 Å². The first-order chi connectivity index (χ1) is 12.2. The number of hydrogen-bond acceptors (Lipinski definition) is 4. The molecule has 0 saturated carbocycles. The molecule has 0 fully saturated rings. The van der Waals surface area contributed by atoms with E-state index in [-0.39, 0.29) is 10.6 Å². The van der Waals surface area contributed by atoms with Gasteiger partial charge in [-0.3, -0.25) is 4.72 Å². The standard InChI is InChI=1S/C17H18F3NO4S/c1-2-3-11-24-14-7-9-16(10-8-14)26(22,23)21-13-5-4-6-15(12-13)25-17(18,19)20/h4-10,12,21H,2-3,11H2,1H3. The second-order valence-electron chi connectivity index (χ2n) is 5.35. The van der Waals surface area contributed by atoms with Gasteiger partial charge in [0.25, 0.3) is 10.0 Å². The van der Waals surface area contributed by atoms with Crippen LogP contribution in [-0.4, -0.2) is 21.4 Å². The Labute approximate surface area is 149 Å². The second kappa shape index (κ2) is 8.31. The summed E-state index contributed by atoms with van der Waals surface area (Å²) in [6, 6.07) is 10.4. The Morgan fingerprint density at radius 1 is 1.04 bits per heavy atom. The summed E-state index contributed by atoms with van der Waals surface area (Å²) in [5.74, 6) is 0.0235. The SMILES string of the molecule is CCCCOc1ccc(S(=O)(=O)Nc2cccc(OC(F)(F)F)c2)cc1. The lowest BCUT2D eigenvalue weighted by atomic mass is 10.3. The first kappa shape index (κ1) is 19.9. The van der Waals surface area contributed by atoms with Crippen molar-refractivity contribution in [2.24, 2.45) is 0 Å². The van der Waals surface area contributed by atoms with E-state index >= 15 is 0 Å². The molecule has 9 heteroatoms. The average molecular weight is 389 g/mol. The number of anilines is 1. The van der Waals surface area contributed by atoms with Gasteiger partial charge in [-0.15, -0.1) is 13.2 Å². The van der Waals surface area contributed by atoms with Gasteiger partial charge in [0.2, 0.25) is 0 Å². The Balaban J connectivity index is 2.09. The molecule has 0 atom stereocenters. The van der Waals surface area contributed by atoms with E-state index in [4.69, 9.17) is 4.74 Å². The van der Waals surface area contributed by atoms with Gasteiger partial charge in [0, 0.05) is 6.07 Å². The van der Waals surface area contributed by atoms with Crippen LogP contribution in [0.5, 0.6) is 11.5 Å². The van der Waals surface area contributed by atoms with Crippen molar-refractivity contribution in [3.05, 3.63) is 48.5 Å². The maximum absolute atomic E-state index is 12.4. The Bertz CT molecular complexity index is 821. The third-order valence-electron chi connectivity index (χ3n) is 3.22. The number of unbranched alkanes of at least 4 members (excludes halogenated alkanes) is 1. The van der Waals surface area contributed by atoms with Gasteiger partial charge in [-0.2, -0.15) is 0 Å². The molecule has 0 bridgehead atoms. The number of rotatable bonds is 8. The normalized spacial score (nSPS) is 11.8. The highest BCUT2D eigenvalue weighted by Gasteiger charge is 2.31. The largest absolute Gasteiger partial charge is 0.573 e. The fourth-order valence-corrected chi connectivity index (χ4v) is 3.07. The van der Waals surface area contributed by atoms with Crippen LogP contribution in [0.25, 0.3) is 0 Å². The molecule has 0 saturated heterocycles. The van der Waals surface area contributed by atoms with E-state index in [0.29, 0.717) is 12.4 Å². The van der Waals surface area contributed by atoms with Gasteiger partial charge in [-0.25, -0.2) is 8.42 Å². The molecule has 2 aromatic carbocycles. The lowest BCUT2D eigenvalue weighted by Gasteiger charge is -2.12. The molecule has 0 aliphatic rings. The number of ether oxygens (including phenoxy) is 2. The van der Waals surface area contributed by atoms with E-state index in [9.17, 15) is 21.6 Å². The molecule has 0 aliphatic carbocycles. The van der Waals surface area contributed by atoms with Crippen LogP contribution in [0.3, 0.4) is 0 Å². The smallest absolute Gasteiger partial charge is 0.494 e. The molecule has 142 valence electrons. The van der Waals surface area contributed by atoms with Gasteiger partial charge in [0.15, 0.2) is 0 Å². The summed E-state index contributed by atoms with van der Waals surface area (Å²) in [5.41, 5.74) is -0.0463. The molecular weight excluding hydrogens is 371 g/mol. The molecule has 0 amide bonds. The van der Waals surface area contributed by atoms with Crippen LogP contribution in [0, 0.1) is 0 Å². The first-order valence-electron chi connectivity index (χ1n) is 7.81. The van der Waals surface area contributed by atoms with E-state index in [1.807, 2.05) is 6.92 Å². The average Bonchev–Trinajstić information content (AvgIpc) is 2.54. The number of nitrogens with one attached hydrogen (secondary N) is 1. The van der Waals surface area contributed by atoms with Gasteiger partial charge in [0.1, 0.15) is 11.5 Å². The van der Waals surface area contributed by atoms with Crippen LogP contribution in [0.2, 0.25) is 0 Å². The number of sulfonamides is 1. The fourth-order valence-electron chi connectivity index (χ4n) is 2.02. The van der Waals surface area contributed by atoms with Crippen molar-refractivity contribution in [3.8, 4) is 11.5 Å². The lowest BCUT2D eigenvalue weighted by Crippen LogP contribution is -2.17. The Hall–Kier alpha value is -2.42. The maximum Gasteiger partial charge on any atom is 0.573 e. The van der Waals surface area contributed by atoms with E-state index in [1.165, 1.54) is 36.4 Å². The van der Waals surface area contributed by atoms with E-state index in [1.54, 1.807) is 0 Å². The van der Waals surface area contributed by atoms with Crippen molar-refractivity contribution in [2.75, 3.05) is 11.3 Å². The summed E-state index contributed by atoms with van der Waals surface area (Å²) >= 11 is 0. The molecule has 0 radical (unpaired) electrons. The number of hydrogen-bond donors (Lipinski definition) is 1. The molecule has 2 aromatic rings. The van der Waals surface area contributed by atoms with Gasteiger partial charge >= 0.3 is 6.36 Å². The number of halogens is 3. The third-order valence-corrected chi connectivity index (χ3v) is 4.62. The van der Waals surface area contributed by atoms with Crippen molar-refractivity contribution < 1.29 is 31.1 Å². The van der Waals surface area contributed by atoms with Crippen LogP contribution in [0.4, 0.5) is 18.9 Å². The van der Waals surface area contributed by atoms with Gasteiger partial charge in [0.05, 0.1) is 17.2 Å². The summed E-state index contributed by atoms with van der Waals surface area (Å²) in [7, 11) is -3.96. The first-order valence-corrected chi connectivity index (χ1v) is 9.29. The van der Waals surface area contributed by atoms with Crippen molar-refractivity contribution >= 4 is 15.7 Å². The summed E-state index contributed by atoms with van der Waals surface area (Å²) < 4.78 is 72.9. The van der Waals surface area contributed by atoms with Crippen molar-refractivity contribution in [1.29, 1.82) is 0 Å². The minimum absolute atomic E-state index is 0.0394. The minimum atomic E-state index is -4.86. The maximum atomic E-state index is 12.4. The molecule has 1 N–H and O–H groups in total. The molecule has 2 rings (SSSR count). The van der Waals surface area contributed by atoms with Crippen LogP contribution >= 0.6 is 0 Å². The van der Waals surface area contributed by atoms with Crippen molar-refractivity contribution in [2.45, 2.75) is 31.0 Å². The zero-order valence-electron chi connectivity index (χ0n) is 13.9.